The monoisotopic (exact) mass is 276 g/mol. The summed E-state index contributed by atoms with van der Waals surface area (Å²) in [6.45, 7) is 3.09. The summed E-state index contributed by atoms with van der Waals surface area (Å²) in [4.78, 5) is 4.25. The van der Waals surface area contributed by atoms with E-state index in [2.05, 4.69) is 65.8 Å². The van der Waals surface area contributed by atoms with Gasteiger partial charge in [-0.15, -0.1) is 0 Å². The highest BCUT2D eigenvalue weighted by Gasteiger charge is 2.12. The van der Waals surface area contributed by atoms with E-state index in [1.54, 1.807) is 0 Å². The highest BCUT2D eigenvalue weighted by molar-refractivity contribution is 5.85. The highest BCUT2D eigenvalue weighted by Crippen LogP contribution is 2.24. The molecule has 3 aromatic rings. The van der Waals surface area contributed by atoms with Crippen molar-refractivity contribution in [3.8, 4) is 0 Å². The van der Waals surface area contributed by atoms with Crippen molar-refractivity contribution in [1.29, 1.82) is 0 Å². The van der Waals surface area contributed by atoms with E-state index in [-0.39, 0.29) is 0 Å². The van der Waals surface area contributed by atoms with Gasteiger partial charge in [-0.3, -0.25) is 4.98 Å². The third-order valence-corrected chi connectivity index (χ3v) is 3.84. The van der Waals surface area contributed by atoms with Gasteiger partial charge in [0.05, 0.1) is 0 Å². The Bertz CT molecular complexity index is 702. The van der Waals surface area contributed by atoms with Crippen LogP contribution in [-0.2, 0) is 6.42 Å². The van der Waals surface area contributed by atoms with Crippen LogP contribution in [0.4, 0.5) is 0 Å². The molecule has 106 valence electrons. The predicted molar refractivity (Wildman–Crippen MR) is 88.3 cm³/mol. The quantitative estimate of drug-likeness (QED) is 0.758. The molecule has 0 radical (unpaired) electrons. The standard InChI is InChI=1S/C19H20N2/c1-2-21-19(17-10-6-12-20-14-17)13-16-9-5-8-15-7-3-4-11-18(15)16/h3-12,14,19,21H,2,13H2,1H3. The zero-order valence-corrected chi connectivity index (χ0v) is 12.3. The average molecular weight is 276 g/mol. The lowest BCUT2D eigenvalue weighted by Crippen LogP contribution is -2.23. The lowest BCUT2D eigenvalue weighted by Gasteiger charge is -2.19. The molecule has 2 heteroatoms. The summed E-state index contributed by atoms with van der Waals surface area (Å²) >= 11 is 0. The maximum absolute atomic E-state index is 4.25. The summed E-state index contributed by atoms with van der Waals surface area (Å²) in [6, 6.07) is 19.6. The fourth-order valence-corrected chi connectivity index (χ4v) is 2.83. The summed E-state index contributed by atoms with van der Waals surface area (Å²) in [5.41, 5.74) is 2.62. The van der Waals surface area contributed by atoms with Crippen molar-refractivity contribution < 1.29 is 0 Å². The zero-order chi connectivity index (χ0) is 14.5. The Morgan fingerprint density at radius 3 is 2.67 bits per heavy atom. The van der Waals surface area contributed by atoms with E-state index in [1.807, 2.05) is 18.5 Å². The van der Waals surface area contributed by atoms with E-state index in [0.29, 0.717) is 6.04 Å². The molecule has 1 atom stereocenters. The van der Waals surface area contributed by atoms with Gasteiger partial charge in [-0.1, -0.05) is 55.5 Å². The molecule has 0 bridgehead atoms. The molecule has 2 aromatic carbocycles. The number of rotatable bonds is 5. The van der Waals surface area contributed by atoms with Crippen molar-refractivity contribution in [2.45, 2.75) is 19.4 Å². The number of fused-ring (bicyclic) bond motifs is 1. The molecule has 1 N–H and O–H groups in total. The van der Waals surface area contributed by atoms with Gasteiger partial charge in [0.15, 0.2) is 0 Å². The van der Waals surface area contributed by atoms with Crippen LogP contribution in [0.3, 0.4) is 0 Å². The van der Waals surface area contributed by atoms with E-state index < -0.39 is 0 Å². The van der Waals surface area contributed by atoms with E-state index >= 15 is 0 Å². The topological polar surface area (TPSA) is 24.9 Å². The molecule has 0 fully saturated rings. The van der Waals surface area contributed by atoms with Crippen LogP contribution in [0, 0.1) is 0 Å². The molecule has 1 aromatic heterocycles. The van der Waals surface area contributed by atoms with Crippen molar-refractivity contribution >= 4 is 10.8 Å². The van der Waals surface area contributed by atoms with Gasteiger partial charge in [0.2, 0.25) is 0 Å². The summed E-state index contributed by atoms with van der Waals surface area (Å²) < 4.78 is 0. The Morgan fingerprint density at radius 2 is 1.86 bits per heavy atom. The van der Waals surface area contributed by atoms with Gasteiger partial charge in [0.1, 0.15) is 0 Å². The summed E-state index contributed by atoms with van der Waals surface area (Å²) in [7, 11) is 0. The Kier molecular flexibility index (Phi) is 4.27. The van der Waals surface area contributed by atoms with Crippen LogP contribution in [0.25, 0.3) is 10.8 Å². The highest BCUT2D eigenvalue weighted by atomic mass is 14.9. The molecule has 0 saturated carbocycles. The van der Waals surface area contributed by atoms with Gasteiger partial charge in [0.25, 0.3) is 0 Å². The second-order valence-corrected chi connectivity index (χ2v) is 5.24. The molecule has 3 rings (SSSR count). The third-order valence-electron chi connectivity index (χ3n) is 3.84. The van der Waals surface area contributed by atoms with Gasteiger partial charge >= 0.3 is 0 Å². The minimum Gasteiger partial charge on any atom is -0.310 e. The summed E-state index contributed by atoms with van der Waals surface area (Å²) in [5, 5.41) is 6.21. The van der Waals surface area contributed by atoms with E-state index in [0.717, 1.165) is 13.0 Å². The first-order valence-corrected chi connectivity index (χ1v) is 7.48. The van der Waals surface area contributed by atoms with Gasteiger partial charge in [-0.25, -0.2) is 0 Å². The second-order valence-electron chi connectivity index (χ2n) is 5.24. The first-order chi connectivity index (χ1) is 10.4. The van der Waals surface area contributed by atoms with Gasteiger partial charge in [0, 0.05) is 18.4 Å². The molecule has 0 aliphatic rings. The molecule has 0 aliphatic carbocycles. The number of benzene rings is 2. The molecule has 1 unspecified atom stereocenters. The van der Waals surface area contributed by atoms with Crippen molar-refractivity contribution in [3.63, 3.8) is 0 Å². The minimum atomic E-state index is 0.300. The normalized spacial score (nSPS) is 12.4. The maximum Gasteiger partial charge on any atom is 0.0376 e. The average Bonchev–Trinajstić information content (AvgIpc) is 2.55. The van der Waals surface area contributed by atoms with Crippen molar-refractivity contribution in [2.75, 3.05) is 6.54 Å². The lowest BCUT2D eigenvalue weighted by molar-refractivity contribution is 0.549. The molecule has 0 spiro atoms. The predicted octanol–water partition coefficient (Wildman–Crippen LogP) is 4.13. The first-order valence-electron chi connectivity index (χ1n) is 7.48. The van der Waals surface area contributed by atoms with Crippen LogP contribution in [0.1, 0.15) is 24.1 Å². The van der Waals surface area contributed by atoms with Gasteiger partial charge < -0.3 is 5.32 Å². The number of pyridine rings is 1. The van der Waals surface area contributed by atoms with E-state index in [9.17, 15) is 0 Å². The van der Waals surface area contributed by atoms with Crippen molar-refractivity contribution in [1.82, 2.24) is 10.3 Å². The third kappa shape index (κ3) is 3.11. The smallest absolute Gasteiger partial charge is 0.0376 e. The zero-order valence-electron chi connectivity index (χ0n) is 12.3. The molecule has 0 aliphatic heterocycles. The fraction of sp³-hybridized carbons (Fsp3) is 0.211. The van der Waals surface area contributed by atoms with Crippen molar-refractivity contribution in [3.05, 3.63) is 78.1 Å². The Balaban J connectivity index is 1.95. The molecule has 21 heavy (non-hydrogen) atoms. The van der Waals surface area contributed by atoms with Gasteiger partial charge in [-0.2, -0.15) is 0 Å². The Hall–Kier alpha value is -2.19. The number of hydrogen-bond acceptors (Lipinski definition) is 2. The molecule has 1 heterocycles. The molecular weight excluding hydrogens is 256 g/mol. The molecule has 0 saturated heterocycles. The first kappa shape index (κ1) is 13.8. The van der Waals surface area contributed by atoms with Crippen LogP contribution in [0.2, 0.25) is 0 Å². The summed E-state index contributed by atoms with van der Waals surface area (Å²) in [5.74, 6) is 0. The Labute approximate surface area is 125 Å². The van der Waals surface area contributed by atoms with Crippen LogP contribution in [-0.4, -0.2) is 11.5 Å². The van der Waals surface area contributed by atoms with Crippen LogP contribution in [0.15, 0.2) is 67.0 Å². The number of hydrogen-bond donors (Lipinski definition) is 1. The van der Waals surface area contributed by atoms with Crippen molar-refractivity contribution in [2.24, 2.45) is 0 Å². The number of likely N-dealkylation sites (N-methyl/N-ethyl adjacent to an activating group) is 1. The SMILES string of the molecule is CCNC(Cc1cccc2ccccc12)c1cccnc1. The summed E-state index contributed by atoms with van der Waals surface area (Å²) in [6.07, 6.45) is 4.75. The number of aromatic nitrogens is 1. The van der Waals surface area contributed by atoms with Crippen LogP contribution in [0.5, 0.6) is 0 Å². The van der Waals surface area contributed by atoms with E-state index in [1.165, 1.54) is 21.9 Å². The van der Waals surface area contributed by atoms with Crippen LogP contribution < -0.4 is 5.32 Å². The largest absolute Gasteiger partial charge is 0.310 e. The lowest BCUT2D eigenvalue weighted by atomic mass is 9.95. The van der Waals surface area contributed by atoms with Crippen LogP contribution >= 0.6 is 0 Å². The number of nitrogens with one attached hydrogen (secondary N) is 1. The molecule has 2 nitrogen and oxygen atoms in total. The molecular formula is C19H20N2. The molecule has 0 amide bonds. The Morgan fingerprint density at radius 1 is 1.00 bits per heavy atom. The maximum atomic E-state index is 4.25. The van der Waals surface area contributed by atoms with E-state index in [4.69, 9.17) is 0 Å². The second kappa shape index (κ2) is 6.51. The number of nitrogens with zero attached hydrogens (tertiary/aromatic N) is 1. The van der Waals surface area contributed by atoms with Gasteiger partial charge in [-0.05, 0) is 40.9 Å². The minimum absolute atomic E-state index is 0.300. The fourth-order valence-electron chi connectivity index (χ4n) is 2.83.